The highest BCUT2D eigenvalue weighted by molar-refractivity contribution is 5.83. The molecule has 0 aliphatic heterocycles. The van der Waals surface area contributed by atoms with E-state index in [0.29, 0.717) is 25.3 Å². The maximum atomic E-state index is 9.53. The summed E-state index contributed by atoms with van der Waals surface area (Å²) in [4.78, 5) is 4.20. The summed E-state index contributed by atoms with van der Waals surface area (Å²) in [6, 6.07) is 7.05. The molecule has 1 rings (SSSR count). The number of aromatic hydroxyl groups is 1. The first-order valence-corrected chi connectivity index (χ1v) is 5.79. The van der Waals surface area contributed by atoms with Crippen LogP contribution in [0.25, 0.3) is 0 Å². The number of phenolic OH excluding ortho intramolecular Hbond substituents is 1. The van der Waals surface area contributed by atoms with Gasteiger partial charge in [-0.15, -0.1) is 0 Å². The molecule has 0 aliphatic carbocycles. The summed E-state index contributed by atoms with van der Waals surface area (Å²) in [7, 11) is 0. The van der Waals surface area contributed by atoms with Gasteiger partial charge < -0.3 is 14.6 Å². The Morgan fingerprint density at radius 1 is 1.24 bits per heavy atom. The molecular weight excluding hydrogens is 218 g/mol. The van der Waals surface area contributed by atoms with Crippen molar-refractivity contribution in [2.75, 3.05) is 19.8 Å². The predicted octanol–water partition coefficient (Wildman–Crippen LogP) is 2.21. The van der Waals surface area contributed by atoms with Gasteiger partial charge in [0.25, 0.3) is 0 Å². The lowest BCUT2D eigenvalue weighted by atomic mass is 10.2. The second-order valence-corrected chi connectivity index (χ2v) is 3.39. The molecular formula is C13H19NO3. The quantitative estimate of drug-likeness (QED) is 0.584. The Morgan fingerprint density at radius 2 is 1.88 bits per heavy atom. The first-order valence-electron chi connectivity index (χ1n) is 5.79. The van der Waals surface area contributed by atoms with Crippen LogP contribution in [0.4, 0.5) is 0 Å². The van der Waals surface area contributed by atoms with E-state index in [4.69, 9.17) is 9.47 Å². The van der Waals surface area contributed by atoms with Crippen LogP contribution in [0, 0.1) is 0 Å². The fraction of sp³-hybridized carbons (Fsp3) is 0.462. The lowest BCUT2D eigenvalue weighted by Crippen LogP contribution is -2.20. The highest BCUT2D eigenvalue weighted by atomic mass is 16.7. The van der Waals surface area contributed by atoms with Crippen LogP contribution in [0.2, 0.25) is 0 Å². The molecule has 0 spiro atoms. The third kappa shape index (κ3) is 4.97. The third-order valence-corrected chi connectivity index (χ3v) is 2.13. The molecule has 0 unspecified atom stereocenters. The summed E-state index contributed by atoms with van der Waals surface area (Å²) >= 11 is 0. The van der Waals surface area contributed by atoms with Crippen molar-refractivity contribution in [2.24, 2.45) is 4.99 Å². The fourth-order valence-electron chi connectivity index (χ4n) is 1.36. The predicted molar refractivity (Wildman–Crippen MR) is 67.6 cm³/mol. The molecule has 94 valence electrons. The first kappa shape index (κ1) is 13.7. The molecule has 0 bridgehead atoms. The van der Waals surface area contributed by atoms with Gasteiger partial charge in [-0.25, -0.2) is 0 Å². The van der Waals surface area contributed by atoms with Crippen LogP contribution in [0.5, 0.6) is 5.75 Å². The Balaban J connectivity index is 2.50. The minimum absolute atomic E-state index is 0.223. The van der Waals surface area contributed by atoms with Gasteiger partial charge in [-0.1, -0.05) is 12.1 Å². The summed E-state index contributed by atoms with van der Waals surface area (Å²) in [5.41, 5.74) is 0.694. The van der Waals surface area contributed by atoms with Crippen LogP contribution < -0.4 is 0 Å². The van der Waals surface area contributed by atoms with Gasteiger partial charge in [0.05, 0.1) is 6.54 Å². The monoisotopic (exact) mass is 237 g/mol. The van der Waals surface area contributed by atoms with Crippen LogP contribution in [0.3, 0.4) is 0 Å². The van der Waals surface area contributed by atoms with Crippen molar-refractivity contribution in [2.45, 2.75) is 20.1 Å². The van der Waals surface area contributed by atoms with E-state index in [1.807, 2.05) is 19.9 Å². The van der Waals surface area contributed by atoms with E-state index in [2.05, 4.69) is 4.99 Å². The van der Waals surface area contributed by atoms with Crippen molar-refractivity contribution < 1.29 is 14.6 Å². The summed E-state index contributed by atoms with van der Waals surface area (Å²) in [5, 5.41) is 9.53. The van der Waals surface area contributed by atoms with E-state index < -0.39 is 0 Å². The smallest absolute Gasteiger partial charge is 0.176 e. The molecule has 0 saturated heterocycles. The largest absolute Gasteiger partial charge is 0.507 e. The van der Waals surface area contributed by atoms with E-state index in [1.54, 1.807) is 24.4 Å². The van der Waals surface area contributed by atoms with Crippen LogP contribution in [0.15, 0.2) is 29.3 Å². The van der Waals surface area contributed by atoms with Gasteiger partial charge in [-0.05, 0) is 26.0 Å². The van der Waals surface area contributed by atoms with Crippen molar-refractivity contribution in [3.63, 3.8) is 0 Å². The zero-order valence-electron chi connectivity index (χ0n) is 10.3. The lowest BCUT2D eigenvalue weighted by molar-refractivity contribution is -0.128. The number of ether oxygens (including phenoxy) is 2. The van der Waals surface area contributed by atoms with Gasteiger partial charge in [0.1, 0.15) is 5.75 Å². The van der Waals surface area contributed by atoms with Gasteiger partial charge >= 0.3 is 0 Å². The Kier molecular flexibility index (Phi) is 6.29. The number of hydrogen-bond donors (Lipinski definition) is 1. The zero-order chi connectivity index (χ0) is 12.5. The molecule has 0 aliphatic rings. The number of hydrogen-bond acceptors (Lipinski definition) is 4. The van der Waals surface area contributed by atoms with Crippen molar-refractivity contribution >= 4 is 6.21 Å². The van der Waals surface area contributed by atoms with Gasteiger partial charge in [0, 0.05) is 25.0 Å². The number of rotatable bonds is 7. The topological polar surface area (TPSA) is 51.0 Å². The van der Waals surface area contributed by atoms with Crippen LogP contribution in [-0.4, -0.2) is 37.4 Å². The summed E-state index contributed by atoms with van der Waals surface area (Å²) in [6.07, 6.45) is 1.31. The molecule has 1 aromatic carbocycles. The molecule has 4 nitrogen and oxygen atoms in total. The number of benzene rings is 1. The van der Waals surface area contributed by atoms with E-state index >= 15 is 0 Å². The highest BCUT2D eigenvalue weighted by Gasteiger charge is 2.05. The number of nitrogens with zero attached hydrogens (tertiary/aromatic N) is 1. The maximum absolute atomic E-state index is 9.53. The van der Waals surface area contributed by atoms with E-state index in [1.165, 1.54) is 0 Å². The summed E-state index contributed by atoms with van der Waals surface area (Å²) in [6.45, 7) is 5.45. The number of aliphatic imine (C=N–C) groups is 1. The first-order chi connectivity index (χ1) is 8.27. The molecule has 0 atom stereocenters. The van der Waals surface area contributed by atoms with Crippen molar-refractivity contribution in [1.82, 2.24) is 0 Å². The van der Waals surface area contributed by atoms with Crippen molar-refractivity contribution in [3.05, 3.63) is 29.8 Å². The van der Waals surface area contributed by atoms with Crippen LogP contribution in [-0.2, 0) is 9.47 Å². The molecule has 0 radical (unpaired) electrons. The van der Waals surface area contributed by atoms with E-state index in [9.17, 15) is 5.11 Å². The Hall–Kier alpha value is -1.39. The average Bonchev–Trinajstić information content (AvgIpc) is 2.32. The van der Waals surface area contributed by atoms with Crippen LogP contribution in [0.1, 0.15) is 19.4 Å². The Labute approximate surface area is 102 Å². The Morgan fingerprint density at radius 3 is 2.47 bits per heavy atom. The zero-order valence-corrected chi connectivity index (χ0v) is 10.3. The van der Waals surface area contributed by atoms with Gasteiger partial charge in [0.2, 0.25) is 0 Å². The van der Waals surface area contributed by atoms with Crippen LogP contribution >= 0.6 is 0 Å². The summed E-state index contributed by atoms with van der Waals surface area (Å²) < 4.78 is 10.7. The standard InChI is InChI=1S/C13H19NO3/c1-3-16-13(17-4-2)10-14-9-11-7-5-6-8-12(11)15/h5-9,13,15H,3-4,10H2,1-2H3. The van der Waals surface area contributed by atoms with Crippen molar-refractivity contribution in [3.8, 4) is 5.75 Å². The Bertz CT molecular complexity index is 346. The highest BCUT2D eigenvalue weighted by Crippen LogP contribution is 2.12. The van der Waals surface area contributed by atoms with Gasteiger partial charge in [-0.3, -0.25) is 4.99 Å². The molecule has 0 amide bonds. The SMILES string of the molecule is CCOC(CN=Cc1ccccc1O)OCC. The normalized spacial score (nSPS) is 11.5. The maximum Gasteiger partial charge on any atom is 0.176 e. The number of para-hydroxylation sites is 1. The molecule has 0 heterocycles. The van der Waals surface area contributed by atoms with Gasteiger partial charge in [0.15, 0.2) is 6.29 Å². The molecule has 1 aromatic rings. The molecule has 4 heteroatoms. The molecule has 0 saturated carbocycles. The van der Waals surface area contributed by atoms with E-state index in [-0.39, 0.29) is 12.0 Å². The molecule has 1 N–H and O–H groups in total. The van der Waals surface area contributed by atoms with Gasteiger partial charge in [-0.2, -0.15) is 0 Å². The third-order valence-electron chi connectivity index (χ3n) is 2.13. The summed E-state index contributed by atoms with van der Waals surface area (Å²) in [5.74, 6) is 0.223. The molecule has 0 fully saturated rings. The molecule has 0 aromatic heterocycles. The van der Waals surface area contributed by atoms with Crippen molar-refractivity contribution in [1.29, 1.82) is 0 Å². The average molecular weight is 237 g/mol. The number of phenols is 1. The minimum Gasteiger partial charge on any atom is -0.507 e. The molecule has 17 heavy (non-hydrogen) atoms. The minimum atomic E-state index is -0.313. The lowest BCUT2D eigenvalue weighted by Gasteiger charge is -2.14. The fourth-order valence-corrected chi connectivity index (χ4v) is 1.36. The van der Waals surface area contributed by atoms with E-state index in [0.717, 1.165) is 0 Å². The second kappa shape index (κ2) is 7.81. The second-order valence-electron chi connectivity index (χ2n) is 3.39.